The van der Waals surface area contributed by atoms with E-state index in [9.17, 15) is 9.18 Å². The Morgan fingerprint density at radius 3 is 2.83 bits per heavy atom. The molecular formula is C28H33FN4O2S. The first-order valence-electron chi connectivity index (χ1n) is 12.8. The van der Waals surface area contributed by atoms with Crippen molar-refractivity contribution in [1.82, 2.24) is 14.9 Å². The SMILES string of the molecule is CC(=O)N1CCCC(c2nc(Nc3cccc(F)c3)cc(-c3scc(OCCC4CCC4)c3C)n2)C1. The van der Waals surface area contributed by atoms with Crippen LogP contribution in [-0.2, 0) is 4.79 Å². The summed E-state index contributed by atoms with van der Waals surface area (Å²) in [5, 5.41) is 5.32. The lowest BCUT2D eigenvalue weighted by Crippen LogP contribution is -2.38. The van der Waals surface area contributed by atoms with E-state index in [1.165, 1.54) is 31.4 Å². The van der Waals surface area contributed by atoms with Gasteiger partial charge in [0.1, 0.15) is 23.2 Å². The number of hydrogen-bond donors (Lipinski definition) is 1. The lowest BCUT2D eigenvalue weighted by Gasteiger charge is -2.31. The molecule has 1 unspecified atom stereocenters. The first kappa shape index (κ1) is 24.7. The predicted octanol–water partition coefficient (Wildman–Crippen LogP) is 6.69. The molecule has 190 valence electrons. The van der Waals surface area contributed by atoms with Gasteiger partial charge in [-0.15, -0.1) is 11.3 Å². The van der Waals surface area contributed by atoms with Crippen LogP contribution in [0.15, 0.2) is 35.7 Å². The number of amides is 1. The van der Waals surface area contributed by atoms with Crippen LogP contribution in [0.5, 0.6) is 5.75 Å². The van der Waals surface area contributed by atoms with Crippen LogP contribution in [0.25, 0.3) is 10.6 Å². The van der Waals surface area contributed by atoms with Crippen molar-refractivity contribution >= 4 is 28.7 Å². The zero-order valence-corrected chi connectivity index (χ0v) is 21.7. The van der Waals surface area contributed by atoms with Crippen molar-refractivity contribution in [2.75, 3.05) is 25.0 Å². The Labute approximate surface area is 215 Å². The highest BCUT2D eigenvalue weighted by Crippen LogP contribution is 2.38. The maximum atomic E-state index is 13.8. The molecule has 6 nitrogen and oxygen atoms in total. The number of nitrogens with one attached hydrogen (secondary N) is 1. The molecule has 1 aromatic carbocycles. The van der Waals surface area contributed by atoms with Gasteiger partial charge in [-0.05, 0) is 50.3 Å². The summed E-state index contributed by atoms with van der Waals surface area (Å²) < 4.78 is 20.0. The van der Waals surface area contributed by atoms with Gasteiger partial charge in [0, 0.05) is 48.6 Å². The van der Waals surface area contributed by atoms with Crippen LogP contribution in [0.3, 0.4) is 0 Å². The topological polar surface area (TPSA) is 67.4 Å². The number of carbonyl (C=O) groups is 1. The first-order chi connectivity index (χ1) is 17.5. The normalized spacial score (nSPS) is 18.1. The average molecular weight is 509 g/mol. The molecule has 2 fully saturated rings. The van der Waals surface area contributed by atoms with Gasteiger partial charge in [0.05, 0.1) is 17.2 Å². The zero-order chi connectivity index (χ0) is 25.1. The van der Waals surface area contributed by atoms with E-state index in [4.69, 9.17) is 14.7 Å². The number of nitrogens with zero attached hydrogens (tertiary/aromatic N) is 3. The van der Waals surface area contributed by atoms with Gasteiger partial charge in [-0.25, -0.2) is 14.4 Å². The van der Waals surface area contributed by atoms with Crippen LogP contribution in [-0.4, -0.2) is 40.5 Å². The lowest BCUT2D eigenvalue weighted by atomic mass is 9.83. The van der Waals surface area contributed by atoms with Crippen molar-refractivity contribution in [1.29, 1.82) is 0 Å². The molecule has 3 aromatic rings. The third kappa shape index (κ3) is 5.69. The van der Waals surface area contributed by atoms with E-state index in [1.54, 1.807) is 24.3 Å². The summed E-state index contributed by atoms with van der Waals surface area (Å²) >= 11 is 1.62. The molecule has 1 N–H and O–H groups in total. The number of anilines is 2. The Morgan fingerprint density at radius 2 is 2.08 bits per heavy atom. The molecule has 2 aromatic heterocycles. The van der Waals surface area contributed by atoms with Crippen LogP contribution < -0.4 is 10.1 Å². The maximum absolute atomic E-state index is 13.8. The van der Waals surface area contributed by atoms with Gasteiger partial charge in [0.2, 0.25) is 5.91 Å². The van der Waals surface area contributed by atoms with Gasteiger partial charge >= 0.3 is 0 Å². The van der Waals surface area contributed by atoms with Crippen LogP contribution in [0.1, 0.15) is 62.8 Å². The monoisotopic (exact) mass is 508 g/mol. The van der Waals surface area contributed by atoms with Gasteiger partial charge in [-0.1, -0.05) is 25.3 Å². The smallest absolute Gasteiger partial charge is 0.219 e. The number of piperidine rings is 1. The molecule has 36 heavy (non-hydrogen) atoms. The van der Waals surface area contributed by atoms with Crippen LogP contribution in [0.2, 0.25) is 0 Å². The van der Waals surface area contributed by atoms with Crippen LogP contribution in [0.4, 0.5) is 15.9 Å². The summed E-state index contributed by atoms with van der Waals surface area (Å²) in [5.41, 5.74) is 2.52. The number of ether oxygens (including phenoxy) is 1. The summed E-state index contributed by atoms with van der Waals surface area (Å²) in [5.74, 6) is 2.86. The minimum atomic E-state index is -0.309. The lowest BCUT2D eigenvalue weighted by molar-refractivity contribution is -0.130. The van der Waals surface area contributed by atoms with Crippen LogP contribution in [0, 0.1) is 18.7 Å². The summed E-state index contributed by atoms with van der Waals surface area (Å²) in [4.78, 5) is 24.7. The third-order valence-electron chi connectivity index (χ3n) is 7.31. The summed E-state index contributed by atoms with van der Waals surface area (Å²) in [7, 11) is 0. The van der Waals surface area contributed by atoms with Gasteiger partial charge < -0.3 is 15.0 Å². The van der Waals surface area contributed by atoms with Crippen molar-refractivity contribution in [2.24, 2.45) is 5.92 Å². The second-order valence-corrected chi connectivity index (χ2v) is 10.8. The van der Waals surface area contributed by atoms with Crippen molar-refractivity contribution < 1.29 is 13.9 Å². The minimum absolute atomic E-state index is 0.0501. The van der Waals surface area contributed by atoms with Crippen molar-refractivity contribution in [3.63, 3.8) is 0 Å². The molecule has 1 atom stereocenters. The molecule has 8 heteroatoms. The maximum Gasteiger partial charge on any atom is 0.219 e. The van der Waals surface area contributed by atoms with E-state index in [-0.39, 0.29) is 17.6 Å². The van der Waals surface area contributed by atoms with Gasteiger partial charge in [-0.3, -0.25) is 4.79 Å². The van der Waals surface area contributed by atoms with Crippen molar-refractivity contribution in [2.45, 2.75) is 58.3 Å². The van der Waals surface area contributed by atoms with Crippen molar-refractivity contribution in [3.8, 4) is 16.3 Å². The number of likely N-dealkylation sites (tertiary alicyclic amines) is 1. The van der Waals surface area contributed by atoms with E-state index in [0.717, 1.165) is 60.2 Å². The summed E-state index contributed by atoms with van der Waals surface area (Å²) in [6.07, 6.45) is 6.94. The molecule has 2 aliphatic rings. The molecule has 0 spiro atoms. The second-order valence-electron chi connectivity index (χ2n) is 9.92. The molecule has 1 aliphatic heterocycles. The van der Waals surface area contributed by atoms with Crippen LogP contribution >= 0.6 is 11.3 Å². The number of hydrogen-bond acceptors (Lipinski definition) is 6. The average Bonchev–Trinajstić information content (AvgIpc) is 3.20. The summed E-state index contributed by atoms with van der Waals surface area (Å²) in [6.45, 7) is 5.80. The Morgan fingerprint density at radius 1 is 1.22 bits per heavy atom. The van der Waals surface area contributed by atoms with Gasteiger partial charge in [0.25, 0.3) is 0 Å². The fourth-order valence-corrected chi connectivity index (χ4v) is 5.90. The Kier molecular flexibility index (Phi) is 7.51. The Balaban J connectivity index is 1.43. The van der Waals surface area contributed by atoms with E-state index in [0.29, 0.717) is 23.9 Å². The number of thiophene rings is 1. The molecule has 0 bridgehead atoms. The van der Waals surface area contributed by atoms with E-state index in [2.05, 4.69) is 17.6 Å². The number of rotatable bonds is 8. The molecular weight excluding hydrogens is 475 g/mol. The highest BCUT2D eigenvalue weighted by atomic mass is 32.1. The van der Waals surface area contributed by atoms with Gasteiger partial charge in [-0.2, -0.15) is 0 Å². The molecule has 1 saturated heterocycles. The number of halogens is 1. The molecule has 1 aliphatic carbocycles. The number of benzene rings is 1. The molecule has 5 rings (SSSR count). The molecule has 0 radical (unpaired) electrons. The highest BCUT2D eigenvalue weighted by Gasteiger charge is 2.26. The minimum Gasteiger partial charge on any atom is -0.492 e. The van der Waals surface area contributed by atoms with E-state index < -0.39 is 0 Å². The van der Waals surface area contributed by atoms with Gasteiger partial charge in [0.15, 0.2) is 0 Å². The first-order valence-corrected chi connectivity index (χ1v) is 13.7. The Hall–Kier alpha value is -3.00. The third-order valence-corrected chi connectivity index (χ3v) is 8.39. The standard InChI is InChI=1S/C28H33FN4O2S/c1-18-25(35-13-11-20-6-3-7-20)17-36-27(18)24-15-26(30-23-10-4-9-22(29)14-23)32-28(31-24)21-8-5-12-33(16-21)19(2)34/h4,9-10,14-15,17,20-21H,3,5-8,11-13,16H2,1-2H3,(H,30,31,32). The summed E-state index contributed by atoms with van der Waals surface area (Å²) in [6, 6.07) is 8.26. The second kappa shape index (κ2) is 10.9. The molecule has 3 heterocycles. The highest BCUT2D eigenvalue weighted by molar-refractivity contribution is 7.14. The van der Waals surface area contributed by atoms with Crippen molar-refractivity contribution in [3.05, 3.63) is 52.9 Å². The Bertz CT molecular complexity index is 1230. The fraction of sp³-hybridized carbons (Fsp3) is 0.464. The quantitative estimate of drug-likeness (QED) is 0.367. The number of carbonyl (C=O) groups excluding carboxylic acids is 1. The molecule has 1 amide bonds. The van der Waals surface area contributed by atoms with E-state index >= 15 is 0 Å². The van der Waals surface area contributed by atoms with E-state index in [1.807, 2.05) is 17.0 Å². The number of aromatic nitrogens is 2. The fourth-order valence-electron chi connectivity index (χ4n) is 4.93. The zero-order valence-electron chi connectivity index (χ0n) is 20.9. The predicted molar refractivity (Wildman–Crippen MR) is 141 cm³/mol. The molecule has 1 saturated carbocycles. The largest absolute Gasteiger partial charge is 0.492 e.